The van der Waals surface area contributed by atoms with E-state index in [0.29, 0.717) is 11.6 Å². The lowest BCUT2D eigenvalue weighted by Crippen LogP contribution is -2.14. The lowest BCUT2D eigenvalue weighted by molar-refractivity contribution is 0.813. The fraction of sp³-hybridized carbons (Fsp3) is 0.250. The Labute approximate surface area is 98.7 Å². The second-order valence-corrected chi connectivity index (χ2v) is 4.23. The van der Waals surface area contributed by atoms with E-state index in [-0.39, 0.29) is 0 Å². The van der Waals surface area contributed by atoms with Crippen molar-refractivity contribution in [2.24, 2.45) is 0 Å². The van der Waals surface area contributed by atoms with Gasteiger partial charge in [-0.25, -0.2) is 0 Å². The first-order chi connectivity index (χ1) is 7.17. The third kappa shape index (κ3) is 3.41. The largest absolute Gasteiger partial charge is 0.381 e. The molecule has 1 N–H and O–H groups in total. The van der Waals surface area contributed by atoms with Crippen LogP contribution in [-0.2, 0) is 0 Å². The van der Waals surface area contributed by atoms with E-state index >= 15 is 0 Å². The lowest BCUT2D eigenvalue weighted by Gasteiger charge is -2.14. The standard InChI is InChI=1S/C12H13BrN2/c1-3-4-9(2)15-12-6-5-10(8-14)7-11(12)13/h3,5-7,9,15H,1,4H2,2H3. The Balaban J connectivity index is 2.79. The van der Waals surface area contributed by atoms with Gasteiger partial charge < -0.3 is 5.32 Å². The topological polar surface area (TPSA) is 35.8 Å². The average Bonchev–Trinajstić information content (AvgIpc) is 2.21. The highest BCUT2D eigenvalue weighted by atomic mass is 79.9. The number of halogens is 1. The molecular formula is C12H13BrN2. The number of nitriles is 1. The van der Waals surface area contributed by atoms with Gasteiger partial charge in [-0.1, -0.05) is 6.08 Å². The van der Waals surface area contributed by atoms with Gasteiger partial charge in [0.15, 0.2) is 0 Å². The fourth-order valence-corrected chi connectivity index (χ4v) is 1.77. The lowest BCUT2D eigenvalue weighted by atomic mass is 10.2. The van der Waals surface area contributed by atoms with Gasteiger partial charge in [-0.05, 0) is 47.5 Å². The summed E-state index contributed by atoms with van der Waals surface area (Å²) in [6.45, 7) is 5.79. The predicted molar refractivity (Wildman–Crippen MR) is 66.8 cm³/mol. The van der Waals surface area contributed by atoms with Gasteiger partial charge in [0.05, 0.1) is 11.6 Å². The van der Waals surface area contributed by atoms with Gasteiger partial charge in [0.25, 0.3) is 0 Å². The van der Waals surface area contributed by atoms with E-state index in [9.17, 15) is 0 Å². The molecule has 0 amide bonds. The van der Waals surface area contributed by atoms with Crippen molar-refractivity contribution >= 4 is 21.6 Å². The predicted octanol–water partition coefficient (Wildman–Crippen LogP) is 3.70. The molecule has 0 spiro atoms. The van der Waals surface area contributed by atoms with Gasteiger partial charge in [-0.3, -0.25) is 0 Å². The van der Waals surface area contributed by atoms with E-state index in [1.807, 2.05) is 18.2 Å². The van der Waals surface area contributed by atoms with Crippen LogP contribution < -0.4 is 5.32 Å². The number of anilines is 1. The van der Waals surface area contributed by atoms with Crippen LogP contribution >= 0.6 is 15.9 Å². The summed E-state index contributed by atoms with van der Waals surface area (Å²) in [7, 11) is 0. The van der Waals surface area contributed by atoms with Crippen molar-refractivity contribution in [1.82, 2.24) is 0 Å². The SMILES string of the molecule is C=CCC(C)Nc1ccc(C#N)cc1Br. The number of rotatable bonds is 4. The number of hydrogen-bond acceptors (Lipinski definition) is 2. The van der Waals surface area contributed by atoms with E-state index in [1.54, 1.807) is 6.07 Å². The molecule has 1 atom stereocenters. The van der Waals surface area contributed by atoms with Crippen LogP contribution in [0.15, 0.2) is 35.3 Å². The second kappa shape index (κ2) is 5.57. The van der Waals surface area contributed by atoms with Gasteiger partial charge in [-0.15, -0.1) is 6.58 Å². The van der Waals surface area contributed by atoms with Crippen molar-refractivity contribution in [1.29, 1.82) is 5.26 Å². The molecule has 0 aliphatic rings. The fourth-order valence-electron chi connectivity index (χ4n) is 1.28. The zero-order chi connectivity index (χ0) is 11.3. The molecule has 2 nitrogen and oxygen atoms in total. The van der Waals surface area contributed by atoms with Gasteiger partial charge in [-0.2, -0.15) is 5.26 Å². The monoisotopic (exact) mass is 264 g/mol. The molecule has 0 fully saturated rings. The Morgan fingerprint density at radius 2 is 2.40 bits per heavy atom. The summed E-state index contributed by atoms with van der Waals surface area (Å²) in [4.78, 5) is 0. The second-order valence-electron chi connectivity index (χ2n) is 3.38. The van der Waals surface area contributed by atoms with E-state index in [0.717, 1.165) is 16.6 Å². The normalized spacial score (nSPS) is 11.5. The van der Waals surface area contributed by atoms with Crippen molar-refractivity contribution in [3.05, 3.63) is 40.9 Å². The van der Waals surface area contributed by atoms with E-state index in [4.69, 9.17) is 5.26 Å². The van der Waals surface area contributed by atoms with Crippen LogP contribution in [0, 0.1) is 11.3 Å². The van der Waals surface area contributed by atoms with Crippen LogP contribution in [0.3, 0.4) is 0 Å². The summed E-state index contributed by atoms with van der Waals surface area (Å²) in [5, 5.41) is 12.0. The number of nitrogens with zero attached hydrogens (tertiary/aromatic N) is 1. The van der Waals surface area contributed by atoms with Crippen LogP contribution in [0.5, 0.6) is 0 Å². The van der Waals surface area contributed by atoms with Crippen molar-refractivity contribution in [3.63, 3.8) is 0 Å². The Bertz CT molecular complexity index is 393. The van der Waals surface area contributed by atoms with Crippen molar-refractivity contribution < 1.29 is 0 Å². The molecule has 1 aromatic rings. The Hall–Kier alpha value is -1.27. The molecule has 0 aliphatic carbocycles. The molecule has 1 unspecified atom stereocenters. The highest BCUT2D eigenvalue weighted by Crippen LogP contribution is 2.24. The van der Waals surface area contributed by atoms with E-state index in [2.05, 4.69) is 40.8 Å². The van der Waals surface area contributed by atoms with Crippen LogP contribution in [0.25, 0.3) is 0 Å². The van der Waals surface area contributed by atoms with Gasteiger partial charge in [0.1, 0.15) is 0 Å². The molecule has 1 aromatic carbocycles. The average molecular weight is 265 g/mol. The summed E-state index contributed by atoms with van der Waals surface area (Å²) >= 11 is 3.43. The molecule has 0 saturated heterocycles. The Kier molecular flexibility index (Phi) is 4.38. The maximum Gasteiger partial charge on any atom is 0.0992 e. The van der Waals surface area contributed by atoms with E-state index < -0.39 is 0 Å². The molecule has 0 bridgehead atoms. The maximum absolute atomic E-state index is 8.71. The molecule has 0 saturated carbocycles. The number of hydrogen-bond donors (Lipinski definition) is 1. The minimum absolute atomic E-state index is 0.340. The molecule has 0 aliphatic heterocycles. The summed E-state index contributed by atoms with van der Waals surface area (Å²) in [6, 6.07) is 7.95. The summed E-state index contributed by atoms with van der Waals surface area (Å²) in [6.07, 6.45) is 2.79. The third-order valence-corrected chi connectivity index (χ3v) is 2.68. The third-order valence-electron chi connectivity index (χ3n) is 2.02. The smallest absolute Gasteiger partial charge is 0.0992 e. The minimum atomic E-state index is 0.340. The Morgan fingerprint density at radius 3 is 2.93 bits per heavy atom. The molecule has 0 radical (unpaired) electrons. The van der Waals surface area contributed by atoms with Gasteiger partial charge in [0.2, 0.25) is 0 Å². The first kappa shape index (κ1) is 11.8. The summed E-state index contributed by atoms with van der Waals surface area (Å²) in [5.41, 5.74) is 1.66. The summed E-state index contributed by atoms with van der Waals surface area (Å²) < 4.78 is 0.914. The van der Waals surface area contributed by atoms with Crippen molar-refractivity contribution in [3.8, 4) is 6.07 Å². The molecule has 0 aromatic heterocycles. The van der Waals surface area contributed by atoms with Gasteiger partial charge in [0, 0.05) is 16.2 Å². The molecular weight excluding hydrogens is 252 g/mol. The zero-order valence-corrected chi connectivity index (χ0v) is 10.2. The number of benzene rings is 1. The van der Waals surface area contributed by atoms with Crippen LogP contribution in [0.4, 0.5) is 5.69 Å². The molecule has 0 heterocycles. The quantitative estimate of drug-likeness (QED) is 0.842. The van der Waals surface area contributed by atoms with Crippen molar-refractivity contribution in [2.45, 2.75) is 19.4 Å². The molecule has 15 heavy (non-hydrogen) atoms. The van der Waals surface area contributed by atoms with Gasteiger partial charge >= 0.3 is 0 Å². The van der Waals surface area contributed by atoms with Crippen LogP contribution in [0.1, 0.15) is 18.9 Å². The minimum Gasteiger partial charge on any atom is -0.381 e. The molecule has 78 valence electrons. The van der Waals surface area contributed by atoms with E-state index in [1.165, 1.54) is 0 Å². The van der Waals surface area contributed by atoms with Crippen molar-refractivity contribution in [2.75, 3.05) is 5.32 Å². The highest BCUT2D eigenvalue weighted by molar-refractivity contribution is 9.10. The number of nitrogens with one attached hydrogen (secondary N) is 1. The molecule has 3 heteroatoms. The maximum atomic E-state index is 8.71. The van der Waals surface area contributed by atoms with Crippen LogP contribution in [0.2, 0.25) is 0 Å². The highest BCUT2D eigenvalue weighted by Gasteiger charge is 2.04. The summed E-state index contributed by atoms with van der Waals surface area (Å²) in [5.74, 6) is 0. The zero-order valence-electron chi connectivity index (χ0n) is 8.63. The first-order valence-corrected chi connectivity index (χ1v) is 5.53. The first-order valence-electron chi connectivity index (χ1n) is 4.74. The van der Waals surface area contributed by atoms with Crippen LogP contribution in [-0.4, -0.2) is 6.04 Å². The Morgan fingerprint density at radius 1 is 1.67 bits per heavy atom. The molecule has 1 rings (SSSR count).